The summed E-state index contributed by atoms with van der Waals surface area (Å²) in [6, 6.07) is 23.6. The minimum atomic E-state index is 0.350. The Morgan fingerprint density at radius 2 is 1.35 bits per heavy atom. The molecule has 0 saturated heterocycles. The maximum Gasteiger partial charge on any atom is 0.123 e. The molecule has 0 atom stereocenters. The lowest BCUT2D eigenvalue weighted by molar-refractivity contribution is 0.481. The summed E-state index contributed by atoms with van der Waals surface area (Å²) in [5.41, 5.74) is 1.21. The van der Waals surface area contributed by atoms with Crippen molar-refractivity contribution < 1.29 is 5.11 Å². The number of hydrogen-bond acceptors (Lipinski definition) is 1. The molecule has 0 saturated carbocycles. The first kappa shape index (κ1) is 12.3. The number of H-pyrrole nitrogens is 1. The zero-order valence-electron chi connectivity index (χ0n) is 11.0. The van der Waals surface area contributed by atoms with Gasteiger partial charge in [0.15, 0.2) is 0 Å². The maximum absolute atomic E-state index is 9.37. The zero-order chi connectivity index (χ0) is 13.8. The van der Waals surface area contributed by atoms with E-state index in [1.807, 2.05) is 54.7 Å². The first-order chi connectivity index (χ1) is 9.84. The number of rotatable bonds is 0. The van der Waals surface area contributed by atoms with Crippen LogP contribution in [0.3, 0.4) is 0 Å². The lowest BCUT2D eigenvalue weighted by Gasteiger charge is -1.97. The Balaban J connectivity index is 0.000000123. The SMILES string of the molecule is Oc1cccc2ccccc12.c1ccc2[nH]ccc2c1. The third-order valence-electron chi connectivity index (χ3n) is 3.23. The fourth-order valence-electron chi connectivity index (χ4n) is 2.20. The number of aromatic hydroxyl groups is 1. The number of fused-ring (bicyclic) bond motifs is 2. The highest BCUT2D eigenvalue weighted by Crippen LogP contribution is 2.22. The van der Waals surface area contributed by atoms with Crippen LogP contribution < -0.4 is 0 Å². The van der Waals surface area contributed by atoms with Crippen LogP contribution in [0.1, 0.15) is 0 Å². The third kappa shape index (κ3) is 2.50. The number of hydrogen-bond donors (Lipinski definition) is 2. The summed E-state index contributed by atoms with van der Waals surface area (Å²) < 4.78 is 0. The fraction of sp³-hybridized carbons (Fsp3) is 0. The molecule has 0 aliphatic carbocycles. The van der Waals surface area contributed by atoms with Crippen molar-refractivity contribution in [1.82, 2.24) is 4.98 Å². The molecule has 98 valence electrons. The Kier molecular flexibility index (Phi) is 3.38. The molecule has 0 aliphatic rings. The molecule has 0 unspecified atom stereocenters. The van der Waals surface area contributed by atoms with E-state index in [0.717, 1.165) is 10.8 Å². The third-order valence-corrected chi connectivity index (χ3v) is 3.23. The van der Waals surface area contributed by atoms with Gasteiger partial charge in [-0.1, -0.05) is 54.6 Å². The van der Waals surface area contributed by atoms with Crippen molar-refractivity contribution in [1.29, 1.82) is 0 Å². The molecule has 0 fully saturated rings. The van der Waals surface area contributed by atoms with E-state index in [2.05, 4.69) is 23.2 Å². The van der Waals surface area contributed by atoms with Crippen LogP contribution in [0.15, 0.2) is 79.0 Å². The first-order valence-corrected chi connectivity index (χ1v) is 6.53. The summed E-state index contributed by atoms with van der Waals surface area (Å²) in [5.74, 6) is 0.350. The molecule has 0 radical (unpaired) electrons. The van der Waals surface area contributed by atoms with Gasteiger partial charge in [0.25, 0.3) is 0 Å². The van der Waals surface area contributed by atoms with Gasteiger partial charge in [-0.15, -0.1) is 0 Å². The highest BCUT2D eigenvalue weighted by molar-refractivity contribution is 5.87. The average molecular weight is 261 g/mol. The predicted molar refractivity (Wildman–Crippen MR) is 83.9 cm³/mol. The van der Waals surface area contributed by atoms with Gasteiger partial charge in [0, 0.05) is 17.1 Å². The van der Waals surface area contributed by atoms with Crippen molar-refractivity contribution >= 4 is 21.7 Å². The second kappa shape index (κ2) is 5.49. The van der Waals surface area contributed by atoms with Crippen molar-refractivity contribution in [3.8, 4) is 5.75 Å². The van der Waals surface area contributed by atoms with E-state index in [1.54, 1.807) is 6.07 Å². The minimum absolute atomic E-state index is 0.350. The Hall–Kier alpha value is -2.74. The molecule has 3 aromatic carbocycles. The molecule has 1 heterocycles. The number of para-hydroxylation sites is 1. The maximum atomic E-state index is 9.37. The van der Waals surface area contributed by atoms with Gasteiger partial charge in [-0.05, 0) is 29.0 Å². The van der Waals surface area contributed by atoms with Crippen molar-refractivity contribution in [2.45, 2.75) is 0 Å². The molecule has 20 heavy (non-hydrogen) atoms. The monoisotopic (exact) mass is 261 g/mol. The van der Waals surface area contributed by atoms with Gasteiger partial charge >= 0.3 is 0 Å². The van der Waals surface area contributed by atoms with Crippen LogP contribution in [0.2, 0.25) is 0 Å². The van der Waals surface area contributed by atoms with Crippen molar-refractivity contribution in [3.63, 3.8) is 0 Å². The van der Waals surface area contributed by atoms with Gasteiger partial charge in [-0.3, -0.25) is 0 Å². The Morgan fingerprint density at radius 3 is 2.15 bits per heavy atom. The molecule has 0 bridgehead atoms. The Bertz CT molecular complexity index is 797. The first-order valence-electron chi connectivity index (χ1n) is 6.53. The molecule has 2 N–H and O–H groups in total. The van der Waals surface area contributed by atoms with Gasteiger partial charge in [0.05, 0.1) is 0 Å². The molecule has 1 aromatic heterocycles. The molecule has 0 aliphatic heterocycles. The summed E-state index contributed by atoms with van der Waals surface area (Å²) in [6.45, 7) is 0. The van der Waals surface area contributed by atoms with E-state index >= 15 is 0 Å². The molecule has 4 rings (SSSR count). The van der Waals surface area contributed by atoms with Crippen LogP contribution in [-0.2, 0) is 0 Å². The van der Waals surface area contributed by atoms with Gasteiger partial charge < -0.3 is 10.1 Å². The van der Waals surface area contributed by atoms with Crippen LogP contribution in [-0.4, -0.2) is 10.1 Å². The van der Waals surface area contributed by atoms with Crippen LogP contribution in [0.4, 0.5) is 0 Å². The van der Waals surface area contributed by atoms with Crippen LogP contribution in [0.25, 0.3) is 21.7 Å². The van der Waals surface area contributed by atoms with Gasteiger partial charge in [-0.2, -0.15) is 0 Å². The molecule has 0 spiro atoms. The number of aromatic nitrogens is 1. The second-order valence-corrected chi connectivity index (χ2v) is 4.56. The molecule has 0 amide bonds. The molecular weight excluding hydrogens is 246 g/mol. The lowest BCUT2D eigenvalue weighted by atomic mass is 10.1. The van der Waals surface area contributed by atoms with E-state index in [1.165, 1.54) is 10.9 Å². The Morgan fingerprint density at radius 1 is 0.650 bits per heavy atom. The van der Waals surface area contributed by atoms with Gasteiger partial charge in [0.2, 0.25) is 0 Å². The molecule has 4 aromatic rings. The highest BCUT2D eigenvalue weighted by atomic mass is 16.3. The normalized spacial score (nSPS) is 10.2. The lowest BCUT2D eigenvalue weighted by Crippen LogP contribution is -1.70. The number of phenols is 1. The van der Waals surface area contributed by atoms with Crippen molar-refractivity contribution in [2.24, 2.45) is 0 Å². The summed E-state index contributed by atoms with van der Waals surface area (Å²) >= 11 is 0. The van der Waals surface area contributed by atoms with Crippen LogP contribution >= 0.6 is 0 Å². The smallest absolute Gasteiger partial charge is 0.123 e. The highest BCUT2D eigenvalue weighted by Gasteiger charge is 1.94. The topological polar surface area (TPSA) is 36.0 Å². The van der Waals surface area contributed by atoms with E-state index in [4.69, 9.17) is 0 Å². The fourth-order valence-corrected chi connectivity index (χ4v) is 2.20. The standard InChI is InChI=1S/C10H8O.C8H7N/c11-10-7-3-5-8-4-1-2-6-9(8)10;1-2-4-8-7(3-1)5-6-9-8/h1-7,11H;1-6,9H. The Labute approximate surface area is 117 Å². The zero-order valence-corrected chi connectivity index (χ0v) is 11.0. The largest absolute Gasteiger partial charge is 0.507 e. The average Bonchev–Trinajstić information content (AvgIpc) is 2.97. The molecule has 2 heteroatoms. The van der Waals surface area contributed by atoms with Gasteiger partial charge in [0.1, 0.15) is 5.75 Å². The molecular formula is C18H15NO. The quantitative estimate of drug-likeness (QED) is 0.472. The number of aromatic amines is 1. The van der Waals surface area contributed by atoms with E-state index in [0.29, 0.717) is 5.75 Å². The van der Waals surface area contributed by atoms with E-state index in [9.17, 15) is 5.11 Å². The van der Waals surface area contributed by atoms with Gasteiger partial charge in [-0.25, -0.2) is 0 Å². The van der Waals surface area contributed by atoms with E-state index in [-0.39, 0.29) is 0 Å². The number of benzene rings is 3. The summed E-state index contributed by atoms with van der Waals surface area (Å²) in [7, 11) is 0. The number of nitrogens with one attached hydrogen (secondary N) is 1. The summed E-state index contributed by atoms with van der Waals surface area (Å²) in [4.78, 5) is 3.12. The van der Waals surface area contributed by atoms with E-state index < -0.39 is 0 Å². The van der Waals surface area contributed by atoms with Crippen LogP contribution in [0.5, 0.6) is 5.75 Å². The number of phenolic OH excluding ortho intramolecular Hbond substituents is 1. The van der Waals surface area contributed by atoms with Crippen LogP contribution in [0, 0.1) is 0 Å². The minimum Gasteiger partial charge on any atom is -0.507 e. The summed E-state index contributed by atoms with van der Waals surface area (Å²) in [5, 5.41) is 12.6. The summed E-state index contributed by atoms with van der Waals surface area (Å²) in [6.07, 6.45) is 1.95. The predicted octanol–water partition coefficient (Wildman–Crippen LogP) is 4.71. The van der Waals surface area contributed by atoms with Crippen molar-refractivity contribution in [3.05, 3.63) is 79.0 Å². The van der Waals surface area contributed by atoms with Crippen molar-refractivity contribution in [2.75, 3.05) is 0 Å². The molecule has 2 nitrogen and oxygen atoms in total. The second-order valence-electron chi connectivity index (χ2n) is 4.56.